The summed E-state index contributed by atoms with van der Waals surface area (Å²) in [6.45, 7) is 1.83. The first-order valence-electron chi connectivity index (χ1n) is 6.99. The number of nitrogens with one attached hydrogen (secondary N) is 1. The second-order valence-corrected chi connectivity index (χ2v) is 5.44. The lowest BCUT2D eigenvalue weighted by molar-refractivity contribution is 0.0920. The highest BCUT2D eigenvalue weighted by Crippen LogP contribution is 2.27. The van der Waals surface area contributed by atoms with Gasteiger partial charge in [-0.25, -0.2) is 8.78 Å². The molecule has 1 aromatic rings. The van der Waals surface area contributed by atoms with E-state index >= 15 is 0 Å². The maximum Gasteiger partial charge on any atom is 0.254 e. The lowest BCUT2D eigenvalue weighted by Crippen LogP contribution is -2.44. The Kier molecular flexibility index (Phi) is 4.70. The van der Waals surface area contributed by atoms with Gasteiger partial charge < -0.3 is 11.1 Å². The van der Waals surface area contributed by atoms with E-state index in [9.17, 15) is 13.6 Å². The van der Waals surface area contributed by atoms with E-state index in [1.165, 1.54) is 13.0 Å². The van der Waals surface area contributed by atoms with Gasteiger partial charge in [0.05, 0.1) is 5.56 Å². The molecule has 1 aromatic carbocycles. The Morgan fingerprint density at radius 3 is 2.60 bits per heavy atom. The lowest BCUT2D eigenvalue weighted by Gasteiger charge is -2.23. The molecule has 1 fully saturated rings. The van der Waals surface area contributed by atoms with E-state index in [0.29, 0.717) is 12.5 Å². The predicted octanol–water partition coefficient (Wildman–Crippen LogP) is 2.52. The van der Waals surface area contributed by atoms with E-state index in [2.05, 4.69) is 5.32 Å². The molecule has 1 atom stereocenters. The second kappa shape index (κ2) is 6.31. The van der Waals surface area contributed by atoms with E-state index in [1.807, 2.05) is 0 Å². The molecule has 1 saturated carbocycles. The van der Waals surface area contributed by atoms with Gasteiger partial charge in [0.1, 0.15) is 11.6 Å². The van der Waals surface area contributed by atoms with Crippen LogP contribution in [0.4, 0.5) is 8.78 Å². The molecule has 0 heterocycles. The number of amides is 1. The maximum absolute atomic E-state index is 13.7. The number of rotatable bonds is 4. The van der Waals surface area contributed by atoms with E-state index in [0.717, 1.165) is 31.7 Å². The number of halogens is 2. The number of aryl methyl sites for hydroxylation is 1. The molecule has 0 radical (unpaired) electrons. The molecule has 5 heteroatoms. The second-order valence-electron chi connectivity index (χ2n) is 5.44. The Morgan fingerprint density at radius 1 is 1.35 bits per heavy atom. The van der Waals surface area contributed by atoms with Gasteiger partial charge in [-0.05, 0) is 37.3 Å². The smallest absolute Gasteiger partial charge is 0.254 e. The first kappa shape index (κ1) is 14.9. The summed E-state index contributed by atoms with van der Waals surface area (Å²) in [6.07, 6.45) is 4.35. The highest BCUT2D eigenvalue weighted by molar-refractivity contribution is 5.94. The fraction of sp³-hybridized carbons (Fsp3) is 0.533. The van der Waals surface area contributed by atoms with Crippen LogP contribution in [-0.2, 0) is 0 Å². The molecular formula is C15H20F2N2O. The summed E-state index contributed by atoms with van der Waals surface area (Å²) in [4.78, 5) is 12.1. The summed E-state index contributed by atoms with van der Waals surface area (Å²) < 4.78 is 26.9. The summed E-state index contributed by atoms with van der Waals surface area (Å²) in [5.74, 6) is -1.65. The van der Waals surface area contributed by atoms with Crippen LogP contribution >= 0.6 is 0 Å². The van der Waals surface area contributed by atoms with Crippen molar-refractivity contribution in [3.8, 4) is 0 Å². The van der Waals surface area contributed by atoms with E-state index in [1.54, 1.807) is 0 Å². The molecule has 20 heavy (non-hydrogen) atoms. The molecule has 1 aliphatic rings. The Hall–Kier alpha value is -1.49. The van der Waals surface area contributed by atoms with Gasteiger partial charge in [-0.3, -0.25) is 4.79 Å². The Morgan fingerprint density at radius 2 is 2.00 bits per heavy atom. The van der Waals surface area contributed by atoms with Crippen molar-refractivity contribution in [3.63, 3.8) is 0 Å². The monoisotopic (exact) mass is 282 g/mol. The van der Waals surface area contributed by atoms with Crippen molar-refractivity contribution in [1.29, 1.82) is 0 Å². The van der Waals surface area contributed by atoms with Crippen molar-refractivity contribution < 1.29 is 13.6 Å². The Labute approximate surface area is 117 Å². The van der Waals surface area contributed by atoms with E-state index in [-0.39, 0.29) is 17.2 Å². The third-order valence-electron chi connectivity index (χ3n) is 4.03. The quantitative estimate of drug-likeness (QED) is 0.891. The van der Waals surface area contributed by atoms with Crippen LogP contribution in [0.1, 0.15) is 41.6 Å². The van der Waals surface area contributed by atoms with Crippen LogP contribution < -0.4 is 11.1 Å². The minimum Gasteiger partial charge on any atom is -0.348 e. The zero-order chi connectivity index (χ0) is 14.7. The molecule has 0 bridgehead atoms. The Balaban J connectivity index is 2.12. The minimum atomic E-state index is -0.840. The summed E-state index contributed by atoms with van der Waals surface area (Å²) in [5.41, 5.74) is 5.83. The number of nitrogens with two attached hydrogens (primary N) is 1. The summed E-state index contributed by atoms with van der Waals surface area (Å²) in [5, 5.41) is 2.79. The van der Waals surface area contributed by atoms with Crippen molar-refractivity contribution in [2.45, 2.75) is 38.6 Å². The summed E-state index contributed by atoms with van der Waals surface area (Å²) in [7, 11) is 0. The molecule has 1 amide bonds. The molecule has 110 valence electrons. The molecule has 2 rings (SSSR count). The minimum absolute atomic E-state index is 0.125. The van der Waals surface area contributed by atoms with Crippen LogP contribution in [0.5, 0.6) is 0 Å². The van der Waals surface area contributed by atoms with Crippen LogP contribution in [0.2, 0.25) is 0 Å². The van der Waals surface area contributed by atoms with Gasteiger partial charge in [-0.15, -0.1) is 0 Å². The SMILES string of the molecule is Cc1cc(C(=O)NC(CN)C2CCCC2)c(F)cc1F. The van der Waals surface area contributed by atoms with Gasteiger partial charge in [-0.2, -0.15) is 0 Å². The average molecular weight is 282 g/mol. The number of benzene rings is 1. The van der Waals surface area contributed by atoms with Gasteiger partial charge >= 0.3 is 0 Å². The molecule has 0 aliphatic heterocycles. The van der Waals surface area contributed by atoms with Gasteiger partial charge in [0.2, 0.25) is 0 Å². The zero-order valence-corrected chi connectivity index (χ0v) is 11.6. The van der Waals surface area contributed by atoms with E-state index < -0.39 is 17.5 Å². The van der Waals surface area contributed by atoms with Crippen molar-refractivity contribution >= 4 is 5.91 Å². The van der Waals surface area contributed by atoms with E-state index in [4.69, 9.17) is 5.73 Å². The first-order valence-corrected chi connectivity index (χ1v) is 6.99. The van der Waals surface area contributed by atoms with Crippen molar-refractivity contribution in [1.82, 2.24) is 5.32 Å². The average Bonchev–Trinajstić information content (AvgIpc) is 2.93. The van der Waals surface area contributed by atoms with Crippen LogP contribution in [0.25, 0.3) is 0 Å². The van der Waals surface area contributed by atoms with Crippen molar-refractivity contribution in [2.24, 2.45) is 11.7 Å². The summed E-state index contributed by atoms with van der Waals surface area (Å²) in [6, 6.07) is 1.84. The Bertz CT molecular complexity index is 499. The molecule has 3 nitrogen and oxygen atoms in total. The zero-order valence-electron chi connectivity index (χ0n) is 11.6. The molecule has 3 N–H and O–H groups in total. The van der Waals surface area contributed by atoms with Gasteiger partial charge in [-0.1, -0.05) is 12.8 Å². The van der Waals surface area contributed by atoms with Crippen LogP contribution in [0.3, 0.4) is 0 Å². The first-order chi connectivity index (χ1) is 9.52. The van der Waals surface area contributed by atoms with Crippen molar-refractivity contribution in [3.05, 3.63) is 34.9 Å². The highest BCUT2D eigenvalue weighted by atomic mass is 19.1. The van der Waals surface area contributed by atoms with Crippen LogP contribution in [0.15, 0.2) is 12.1 Å². The topological polar surface area (TPSA) is 55.1 Å². The maximum atomic E-state index is 13.7. The normalized spacial score (nSPS) is 17.2. The van der Waals surface area contributed by atoms with Crippen LogP contribution in [-0.4, -0.2) is 18.5 Å². The standard InChI is InChI=1S/C15H20F2N2O/c1-9-6-11(13(17)7-12(9)16)15(20)19-14(8-18)10-4-2-3-5-10/h6-7,10,14H,2-5,8,18H2,1H3,(H,19,20). The van der Waals surface area contributed by atoms with Gasteiger partial charge in [0, 0.05) is 18.7 Å². The fourth-order valence-corrected chi connectivity index (χ4v) is 2.81. The lowest BCUT2D eigenvalue weighted by atomic mass is 9.97. The summed E-state index contributed by atoms with van der Waals surface area (Å²) >= 11 is 0. The molecule has 0 spiro atoms. The highest BCUT2D eigenvalue weighted by Gasteiger charge is 2.26. The number of carbonyl (C=O) groups excluding carboxylic acids is 1. The number of hydrogen-bond acceptors (Lipinski definition) is 2. The fourth-order valence-electron chi connectivity index (χ4n) is 2.81. The van der Waals surface area contributed by atoms with Crippen molar-refractivity contribution in [2.75, 3.05) is 6.54 Å². The number of hydrogen-bond donors (Lipinski definition) is 2. The third-order valence-corrected chi connectivity index (χ3v) is 4.03. The molecular weight excluding hydrogens is 262 g/mol. The largest absolute Gasteiger partial charge is 0.348 e. The molecule has 1 unspecified atom stereocenters. The van der Waals surface area contributed by atoms with Gasteiger partial charge in [0.15, 0.2) is 0 Å². The molecule has 1 aliphatic carbocycles. The molecule has 0 aromatic heterocycles. The number of carbonyl (C=O) groups is 1. The van der Waals surface area contributed by atoms with Gasteiger partial charge in [0.25, 0.3) is 5.91 Å². The predicted molar refractivity (Wildman–Crippen MR) is 73.4 cm³/mol. The third kappa shape index (κ3) is 3.15. The molecule has 0 saturated heterocycles. The van der Waals surface area contributed by atoms with Crippen LogP contribution in [0, 0.1) is 24.5 Å².